The normalized spacial score (nSPS) is 10.9. The molecular weight excluding hydrogens is 599 g/mol. The molecule has 7 heteroatoms. The molecule has 5 aromatic carbocycles. The molecule has 0 fully saturated rings. The van der Waals surface area contributed by atoms with Crippen molar-refractivity contribution in [1.29, 1.82) is 0 Å². The standard InChI is InChI=1S/C39H38F2N2O2S/c1-4-6-22-44-30-14-8-26(9-15-30)28-12-18-32(36(40)24-28)34-20-21-35(39(43-46)38(34)42-3)33-19-13-29(25-37(33)41)27-10-16-31(17-11-27)45-23-7-5-2/h8-21,24-25,42H,4-7,22-23H2,1-3H3. The van der Waals surface area contributed by atoms with Gasteiger partial charge in [-0.2, -0.15) is 4.36 Å². The molecule has 0 aliphatic heterocycles. The second kappa shape index (κ2) is 15.6. The number of unbranched alkanes of at least 4 members (excludes halogenated alkanes) is 2. The lowest BCUT2D eigenvalue weighted by Gasteiger charge is -2.17. The first kappa shape index (κ1) is 32.8. The smallest absolute Gasteiger partial charge is 0.131 e. The van der Waals surface area contributed by atoms with E-state index in [-0.39, 0.29) is 0 Å². The topological polar surface area (TPSA) is 42.9 Å². The third-order valence-electron chi connectivity index (χ3n) is 7.95. The largest absolute Gasteiger partial charge is 0.494 e. The quantitative estimate of drug-likeness (QED) is 0.123. The Hall–Kier alpha value is -4.62. The van der Waals surface area contributed by atoms with Crippen LogP contribution in [0.2, 0.25) is 0 Å². The van der Waals surface area contributed by atoms with E-state index in [4.69, 9.17) is 21.9 Å². The second-order valence-corrected chi connectivity index (χ2v) is 11.3. The van der Waals surface area contributed by atoms with E-state index in [0.717, 1.165) is 59.4 Å². The predicted molar refractivity (Wildman–Crippen MR) is 188 cm³/mol. The highest BCUT2D eigenvalue weighted by Crippen LogP contribution is 2.45. The van der Waals surface area contributed by atoms with Gasteiger partial charge in [0, 0.05) is 41.7 Å². The van der Waals surface area contributed by atoms with E-state index in [1.165, 1.54) is 12.1 Å². The number of hydrogen-bond acceptors (Lipinski definition) is 5. The minimum absolute atomic E-state index is 0.354. The van der Waals surface area contributed by atoms with Crippen molar-refractivity contribution in [2.45, 2.75) is 39.5 Å². The minimum Gasteiger partial charge on any atom is -0.494 e. The van der Waals surface area contributed by atoms with Gasteiger partial charge in [0.1, 0.15) is 28.8 Å². The summed E-state index contributed by atoms with van der Waals surface area (Å²) in [5.41, 5.74) is 5.98. The summed E-state index contributed by atoms with van der Waals surface area (Å²) in [5.74, 6) is 0.783. The Morgan fingerprint density at radius 3 is 1.41 bits per heavy atom. The Morgan fingerprint density at radius 1 is 0.587 bits per heavy atom. The summed E-state index contributed by atoms with van der Waals surface area (Å²) in [6.07, 6.45) is 4.13. The van der Waals surface area contributed by atoms with Gasteiger partial charge in [0.05, 0.1) is 18.9 Å². The first-order chi connectivity index (χ1) is 22.5. The number of nitrogens with one attached hydrogen (secondary N) is 1. The lowest BCUT2D eigenvalue weighted by atomic mass is 9.93. The predicted octanol–water partition coefficient (Wildman–Crippen LogP) is 11.4. The summed E-state index contributed by atoms with van der Waals surface area (Å²) in [6, 6.07) is 29.1. The number of halogens is 2. The maximum atomic E-state index is 15.7. The summed E-state index contributed by atoms with van der Waals surface area (Å²) in [4.78, 5) is 0. The maximum absolute atomic E-state index is 15.7. The summed E-state index contributed by atoms with van der Waals surface area (Å²) < 4.78 is 46.9. The highest BCUT2D eigenvalue weighted by Gasteiger charge is 2.20. The first-order valence-corrected chi connectivity index (χ1v) is 16.1. The van der Waals surface area contributed by atoms with Crippen molar-refractivity contribution in [3.63, 3.8) is 0 Å². The molecule has 0 saturated carbocycles. The second-order valence-electron chi connectivity index (χ2n) is 11.1. The number of rotatable bonds is 14. The highest BCUT2D eigenvalue weighted by molar-refractivity contribution is 7.47. The average Bonchev–Trinajstić information content (AvgIpc) is 3.08. The van der Waals surface area contributed by atoms with Crippen LogP contribution in [0.5, 0.6) is 11.5 Å². The molecule has 0 radical (unpaired) electrons. The SMILES string of the molecule is CCCCOc1ccc(-c2ccc(-c3ccc(-c4ccc(-c5ccc(OCCCC)cc5)cc4F)c(NC)c3N=S)c(F)c2)cc1. The molecule has 0 aliphatic rings. The van der Waals surface area contributed by atoms with E-state index in [0.29, 0.717) is 46.8 Å². The lowest BCUT2D eigenvalue weighted by molar-refractivity contribution is 0.309. The molecule has 0 atom stereocenters. The third-order valence-corrected chi connectivity index (χ3v) is 8.13. The molecule has 0 spiro atoms. The molecule has 0 unspecified atom stereocenters. The number of ether oxygens (including phenoxy) is 2. The van der Waals surface area contributed by atoms with E-state index in [2.05, 4.69) is 23.5 Å². The van der Waals surface area contributed by atoms with Gasteiger partial charge in [0.2, 0.25) is 0 Å². The monoisotopic (exact) mass is 636 g/mol. The van der Waals surface area contributed by atoms with E-state index in [9.17, 15) is 0 Å². The summed E-state index contributed by atoms with van der Waals surface area (Å²) in [6.45, 7) is 5.59. The minimum atomic E-state index is -0.409. The molecule has 5 rings (SSSR count). The molecule has 46 heavy (non-hydrogen) atoms. The van der Waals surface area contributed by atoms with Crippen molar-refractivity contribution in [3.05, 3.63) is 109 Å². The van der Waals surface area contributed by atoms with Crippen LogP contribution < -0.4 is 14.8 Å². The number of benzene rings is 5. The third kappa shape index (κ3) is 7.43. The molecule has 0 saturated heterocycles. The molecule has 5 aromatic rings. The van der Waals surface area contributed by atoms with Crippen LogP contribution in [0.15, 0.2) is 101 Å². The lowest BCUT2D eigenvalue weighted by Crippen LogP contribution is -1.97. The summed E-state index contributed by atoms with van der Waals surface area (Å²) in [7, 11) is 1.72. The number of anilines is 1. The van der Waals surface area contributed by atoms with Crippen molar-refractivity contribution in [2.24, 2.45) is 4.36 Å². The van der Waals surface area contributed by atoms with Crippen molar-refractivity contribution >= 4 is 23.8 Å². The van der Waals surface area contributed by atoms with Gasteiger partial charge in [0.25, 0.3) is 0 Å². The molecule has 236 valence electrons. The Kier molecular flexibility index (Phi) is 11.1. The summed E-state index contributed by atoms with van der Waals surface area (Å²) in [5, 5.41) is 3.13. The molecular formula is C39H38F2N2O2S. The molecule has 4 nitrogen and oxygen atoms in total. The Bertz CT molecular complexity index is 1790. The number of hydrogen-bond donors (Lipinski definition) is 1. The van der Waals surface area contributed by atoms with Crippen molar-refractivity contribution in [3.8, 4) is 56.0 Å². The fourth-order valence-electron chi connectivity index (χ4n) is 5.36. The van der Waals surface area contributed by atoms with Crippen LogP contribution in [-0.2, 0) is 12.4 Å². The van der Waals surface area contributed by atoms with Crippen LogP contribution in [0, 0.1) is 11.6 Å². The Morgan fingerprint density at radius 2 is 1.00 bits per heavy atom. The Balaban J connectivity index is 1.41. The van der Waals surface area contributed by atoms with Crippen molar-refractivity contribution in [1.82, 2.24) is 0 Å². The zero-order valence-corrected chi connectivity index (χ0v) is 27.2. The number of nitrogens with zero attached hydrogens (tertiary/aromatic N) is 1. The zero-order chi connectivity index (χ0) is 32.5. The van der Waals surface area contributed by atoms with Gasteiger partial charge in [0.15, 0.2) is 0 Å². The highest BCUT2D eigenvalue weighted by atomic mass is 32.1. The maximum Gasteiger partial charge on any atom is 0.131 e. The van der Waals surface area contributed by atoms with Gasteiger partial charge >= 0.3 is 0 Å². The van der Waals surface area contributed by atoms with E-state index in [1.807, 2.05) is 60.7 Å². The van der Waals surface area contributed by atoms with Gasteiger partial charge in [-0.25, -0.2) is 8.78 Å². The van der Waals surface area contributed by atoms with Crippen molar-refractivity contribution in [2.75, 3.05) is 25.6 Å². The van der Waals surface area contributed by atoms with Crippen molar-refractivity contribution < 1.29 is 18.3 Å². The van der Waals surface area contributed by atoms with Gasteiger partial charge in [-0.3, -0.25) is 0 Å². The van der Waals surface area contributed by atoms with Crippen LogP contribution >= 0.6 is 0 Å². The van der Waals surface area contributed by atoms with Crippen LogP contribution in [0.4, 0.5) is 20.2 Å². The van der Waals surface area contributed by atoms with Gasteiger partial charge in [-0.15, -0.1) is 0 Å². The Labute approximate surface area is 275 Å². The van der Waals surface area contributed by atoms with E-state index >= 15 is 8.78 Å². The zero-order valence-electron chi connectivity index (χ0n) is 26.4. The molecule has 1 N–H and O–H groups in total. The molecule has 0 aliphatic carbocycles. The van der Waals surface area contributed by atoms with Gasteiger partial charge in [-0.1, -0.05) is 87.4 Å². The fraction of sp³-hybridized carbons (Fsp3) is 0.231. The fourth-order valence-corrected chi connectivity index (χ4v) is 5.55. The molecule has 0 amide bonds. The van der Waals surface area contributed by atoms with Crippen LogP contribution in [-0.4, -0.2) is 20.3 Å². The van der Waals surface area contributed by atoms with Crippen LogP contribution in [0.25, 0.3) is 44.5 Å². The average molecular weight is 637 g/mol. The van der Waals surface area contributed by atoms with Gasteiger partial charge < -0.3 is 14.8 Å². The van der Waals surface area contributed by atoms with Crippen LogP contribution in [0.3, 0.4) is 0 Å². The molecule has 0 bridgehead atoms. The van der Waals surface area contributed by atoms with Gasteiger partial charge in [-0.05, 0) is 71.5 Å². The van der Waals surface area contributed by atoms with E-state index < -0.39 is 11.6 Å². The first-order valence-electron chi connectivity index (χ1n) is 15.7. The summed E-state index contributed by atoms with van der Waals surface area (Å²) >= 11 is 5.17. The van der Waals surface area contributed by atoms with E-state index in [1.54, 1.807) is 31.3 Å². The molecule has 0 heterocycles. The van der Waals surface area contributed by atoms with Crippen LogP contribution in [0.1, 0.15) is 39.5 Å². The molecule has 0 aromatic heterocycles.